The maximum absolute atomic E-state index is 11.1. The first-order chi connectivity index (χ1) is 13.7. The van der Waals surface area contributed by atoms with Gasteiger partial charge in [-0.3, -0.25) is 9.79 Å². The van der Waals surface area contributed by atoms with E-state index in [2.05, 4.69) is 32.1 Å². The summed E-state index contributed by atoms with van der Waals surface area (Å²) >= 11 is 0. The number of unbranched alkanes of at least 4 members (excludes halogenated alkanes) is 3. The van der Waals surface area contributed by atoms with Gasteiger partial charge < -0.3 is 19.7 Å². The van der Waals surface area contributed by atoms with Crippen molar-refractivity contribution in [2.24, 2.45) is 10.9 Å². The third-order valence-electron chi connectivity index (χ3n) is 5.08. The molecule has 29 heavy (non-hydrogen) atoms. The highest BCUT2D eigenvalue weighted by atomic mass is 127. The smallest absolute Gasteiger partial charge is 0.305 e. The Kier molecular flexibility index (Phi) is 13.7. The van der Waals surface area contributed by atoms with Gasteiger partial charge in [0.05, 0.1) is 20.3 Å². The minimum Gasteiger partial charge on any atom is -0.469 e. The van der Waals surface area contributed by atoms with Gasteiger partial charge >= 0.3 is 5.97 Å². The third-order valence-corrected chi connectivity index (χ3v) is 5.08. The van der Waals surface area contributed by atoms with E-state index in [4.69, 9.17) is 4.74 Å². The van der Waals surface area contributed by atoms with Crippen LogP contribution in [0, 0.1) is 5.92 Å². The molecule has 1 fully saturated rings. The number of aliphatic imine (C=N–C) groups is 1. The Hall–Kier alpha value is -1.35. The van der Waals surface area contributed by atoms with Crippen LogP contribution in [-0.2, 0) is 20.9 Å². The van der Waals surface area contributed by atoms with Crippen LogP contribution < -0.4 is 5.32 Å². The van der Waals surface area contributed by atoms with Gasteiger partial charge in [0.1, 0.15) is 0 Å². The lowest BCUT2D eigenvalue weighted by molar-refractivity contribution is -0.140. The number of carbonyl (C=O) groups is 1. The number of ether oxygens (including phenoxy) is 2. The highest BCUT2D eigenvalue weighted by molar-refractivity contribution is 14.0. The average Bonchev–Trinajstić information content (AvgIpc) is 3.19. The van der Waals surface area contributed by atoms with Crippen LogP contribution in [-0.4, -0.2) is 57.2 Å². The molecule has 1 aromatic rings. The third kappa shape index (κ3) is 10.3. The first-order valence-electron chi connectivity index (χ1n) is 10.4. The van der Waals surface area contributed by atoms with Crippen molar-refractivity contribution in [1.82, 2.24) is 10.2 Å². The second kappa shape index (κ2) is 15.5. The molecule has 1 aromatic carbocycles. The highest BCUT2D eigenvalue weighted by Crippen LogP contribution is 2.17. The molecule has 0 aliphatic carbocycles. The van der Waals surface area contributed by atoms with E-state index in [-0.39, 0.29) is 29.9 Å². The zero-order chi connectivity index (χ0) is 20.0. The minimum atomic E-state index is -0.116. The topological polar surface area (TPSA) is 63.2 Å². The SMILES string of the molecule is CN=C(NCCCCCCC(=O)OC)N1CCC(COCc2ccccc2)C1.I. The molecule has 164 valence electrons. The maximum Gasteiger partial charge on any atom is 0.305 e. The van der Waals surface area contributed by atoms with Crippen molar-refractivity contribution in [2.75, 3.05) is 40.4 Å². The molecule has 0 bridgehead atoms. The van der Waals surface area contributed by atoms with E-state index in [1.165, 1.54) is 12.7 Å². The highest BCUT2D eigenvalue weighted by Gasteiger charge is 2.24. The number of hydrogen-bond donors (Lipinski definition) is 1. The molecule has 1 heterocycles. The molecule has 1 N–H and O–H groups in total. The summed E-state index contributed by atoms with van der Waals surface area (Å²) in [5, 5.41) is 3.47. The van der Waals surface area contributed by atoms with Crippen LogP contribution >= 0.6 is 24.0 Å². The quantitative estimate of drug-likeness (QED) is 0.159. The number of rotatable bonds is 11. The molecule has 0 aromatic heterocycles. The number of hydrogen-bond acceptors (Lipinski definition) is 4. The summed E-state index contributed by atoms with van der Waals surface area (Å²) in [4.78, 5) is 17.8. The van der Waals surface area contributed by atoms with E-state index in [9.17, 15) is 4.79 Å². The molecule has 1 aliphatic rings. The summed E-state index contributed by atoms with van der Waals surface area (Å²) in [5.41, 5.74) is 1.22. The minimum absolute atomic E-state index is 0. The van der Waals surface area contributed by atoms with Crippen LogP contribution in [0.15, 0.2) is 35.3 Å². The molecule has 0 amide bonds. The van der Waals surface area contributed by atoms with Gasteiger partial charge in [0.25, 0.3) is 0 Å². The van der Waals surface area contributed by atoms with Crippen molar-refractivity contribution in [1.29, 1.82) is 0 Å². The molecule has 0 radical (unpaired) electrons. The largest absolute Gasteiger partial charge is 0.469 e. The molecule has 6 nitrogen and oxygen atoms in total. The summed E-state index contributed by atoms with van der Waals surface area (Å²) in [6, 6.07) is 10.3. The first-order valence-corrected chi connectivity index (χ1v) is 10.4. The molecule has 1 saturated heterocycles. The number of nitrogens with zero attached hydrogens (tertiary/aromatic N) is 2. The Labute approximate surface area is 192 Å². The number of halogens is 1. The van der Waals surface area contributed by atoms with Crippen molar-refractivity contribution in [3.05, 3.63) is 35.9 Å². The predicted molar refractivity (Wildman–Crippen MR) is 128 cm³/mol. The van der Waals surface area contributed by atoms with E-state index in [0.717, 1.165) is 64.3 Å². The molecule has 1 aliphatic heterocycles. The van der Waals surface area contributed by atoms with Crippen molar-refractivity contribution >= 4 is 35.9 Å². The molecule has 1 unspecified atom stereocenters. The summed E-state index contributed by atoms with van der Waals surface area (Å²) in [7, 11) is 3.29. The number of esters is 1. The monoisotopic (exact) mass is 517 g/mol. The van der Waals surface area contributed by atoms with Crippen molar-refractivity contribution < 1.29 is 14.3 Å². The fraction of sp³-hybridized carbons (Fsp3) is 0.636. The second-order valence-corrected chi connectivity index (χ2v) is 7.32. The Balaban J connectivity index is 0.00000420. The lowest BCUT2D eigenvalue weighted by atomic mass is 10.1. The van der Waals surface area contributed by atoms with Crippen LogP contribution in [0.3, 0.4) is 0 Å². The molecule has 2 rings (SSSR count). The van der Waals surface area contributed by atoms with Gasteiger partial charge in [0.2, 0.25) is 0 Å². The van der Waals surface area contributed by atoms with Gasteiger partial charge in [-0.25, -0.2) is 0 Å². The zero-order valence-electron chi connectivity index (χ0n) is 17.8. The fourth-order valence-electron chi connectivity index (χ4n) is 3.46. The summed E-state index contributed by atoms with van der Waals surface area (Å²) < 4.78 is 10.6. The lowest BCUT2D eigenvalue weighted by Gasteiger charge is -2.21. The van der Waals surface area contributed by atoms with E-state index in [1.54, 1.807) is 0 Å². The maximum atomic E-state index is 11.1. The van der Waals surface area contributed by atoms with Gasteiger partial charge in [-0.2, -0.15) is 0 Å². The Bertz CT molecular complexity index is 598. The number of nitrogens with one attached hydrogen (secondary N) is 1. The van der Waals surface area contributed by atoms with Gasteiger partial charge in [-0.15, -0.1) is 24.0 Å². The molecule has 1 atom stereocenters. The second-order valence-electron chi connectivity index (χ2n) is 7.32. The standard InChI is InChI=1S/C22H35N3O3.HI/c1-23-22(24-14-9-4-3-8-12-21(26)27-2)25-15-13-20(16-25)18-28-17-19-10-6-5-7-11-19;/h5-7,10-11,20H,3-4,8-9,12-18H2,1-2H3,(H,23,24);1H. The zero-order valence-corrected chi connectivity index (χ0v) is 20.1. The Morgan fingerprint density at radius 2 is 1.97 bits per heavy atom. The Morgan fingerprint density at radius 1 is 1.21 bits per heavy atom. The summed E-state index contributed by atoms with van der Waals surface area (Å²) in [5.74, 6) is 1.43. The van der Waals surface area contributed by atoms with Crippen LogP contribution in [0.5, 0.6) is 0 Å². The molecular formula is C22H36IN3O3. The Morgan fingerprint density at radius 3 is 2.69 bits per heavy atom. The average molecular weight is 517 g/mol. The van der Waals surface area contributed by atoms with E-state index < -0.39 is 0 Å². The number of carbonyl (C=O) groups excluding carboxylic acids is 1. The first kappa shape index (κ1) is 25.7. The van der Waals surface area contributed by atoms with Crippen LogP contribution in [0.4, 0.5) is 0 Å². The van der Waals surface area contributed by atoms with Gasteiger partial charge in [-0.05, 0) is 24.8 Å². The summed E-state index contributed by atoms with van der Waals surface area (Å²) in [6.45, 7) is 4.41. The normalized spacial score (nSPS) is 16.4. The fourth-order valence-corrected chi connectivity index (χ4v) is 3.46. The van der Waals surface area contributed by atoms with E-state index in [0.29, 0.717) is 18.9 Å². The molecule has 0 spiro atoms. The number of likely N-dealkylation sites (tertiary alicyclic amines) is 1. The number of benzene rings is 1. The molecular weight excluding hydrogens is 481 g/mol. The van der Waals surface area contributed by atoms with Crippen LogP contribution in [0.1, 0.15) is 44.1 Å². The van der Waals surface area contributed by atoms with Gasteiger partial charge in [0.15, 0.2) is 5.96 Å². The van der Waals surface area contributed by atoms with Crippen molar-refractivity contribution in [2.45, 2.75) is 45.1 Å². The molecule has 0 saturated carbocycles. The van der Waals surface area contributed by atoms with Crippen molar-refractivity contribution in [3.8, 4) is 0 Å². The lowest BCUT2D eigenvalue weighted by Crippen LogP contribution is -2.40. The number of guanidine groups is 1. The van der Waals surface area contributed by atoms with Crippen molar-refractivity contribution in [3.63, 3.8) is 0 Å². The number of methoxy groups -OCH3 is 1. The van der Waals surface area contributed by atoms with Crippen LogP contribution in [0.25, 0.3) is 0 Å². The van der Waals surface area contributed by atoms with Gasteiger partial charge in [-0.1, -0.05) is 43.2 Å². The van der Waals surface area contributed by atoms with Gasteiger partial charge in [0, 0.05) is 39.0 Å². The predicted octanol–water partition coefficient (Wildman–Crippen LogP) is 3.84. The summed E-state index contributed by atoms with van der Waals surface area (Å²) in [6.07, 6.45) is 5.81. The van der Waals surface area contributed by atoms with E-state index >= 15 is 0 Å². The molecule has 7 heteroatoms. The van der Waals surface area contributed by atoms with Crippen LogP contribution in [0.2, 0.25) is 0 Å². The van der Waals surface area contributed by atoms with E-state index in [1.807, 2.05) is 25.2 Å².